The second kappa shape index (κ2) is 11.1. The molecule has 2 rings (SSSR count). The van der Waals surface area contributed by atoms with E-state index in [0.717, 1.165) is 25.3 Å². The minimum absolute atomic E-state index is 0.000834. The van der Waals surface area contributed by atoms with Crippen molar-refractivity contribution >= 4 is 17.4 Å². The van der Waals surface area contributed by atoms with Crippen LogP contribution in [0.3, 0.4) is 0 Å². The smallest absolute Gasteiger partial charge is 0.338 e. The van der Waals surface area contributed by atoms with E-state index in [9.17, 15) is 14.7 Å². The van der Waals surface area contributed by atoms with Crippen LogP contribution in [0.4, 0.5) is 5.69 Å². The summed E-state index contributed by atoms with van der Waals surface area (Å²) in [6, 6.07) is 13.2. The van der Waals surface area contributed by atoms with Gasteiger partial charge in [0.1, 0.15) is 12.4 Å². The van der Waals surface area contributed by atoms with Gasteiger partial charge in [-0.05, 0) is 61.6 Å². The highest BCUT2D eigenvalue weighted by Gasteiger charge is 2.09. The molecule has 0 atom stereocenters. The molecule has 2 aromatic carbocycles. The van der Waals surface area contributed by atoms with Crippen LogP contribution < -0.4 is 5.32 Å². The molecule has 28 heavy (non-hydrogen) atoms. The van der Waals surface area contributed by atoms with Gasteiger partial charge in [0.25, 0.3) is 0 Å². The van der Waals surface area contributed by atoms with Gasteiger partial charge in [0.2, 0.25) is 0 Å². The van der Waals surface area contributed by atoms with Crippen molar-refractivity contribution in [3.8, 4) is 5.75 Å². The van der Waals surface area contributed by atoms with Gasteiger partial charge in [0, 0.05) is 30.8 Å². The van der Waals surface area contributed by atoms with Gasteiger partial charge in [0.15, 0.2) is 5.78 Å². The monoisotopic (exact) mass is 384 g/mol. The zero-order chi connectivity index (χ0) is 20.4. The van der Waals surface area contributed by atoms with E-state index in [-0.39, 0.29) is 17.5 Å². The van der Waals surface area contributed by atoms with Gasteiger partial charge in [-0.25, -0.2) is 4.79 Å². The summed E-state index contributed by atoms with van der Waals surface area (Å²) in [6.07, 6.45) is 0.333. The zero-order valence-corrected chi connectivity index (χ0v) is 16.5. The van der Waals surface area contributed by atoms with Crippen LogP contribution in [0.2, 0.25) is 0 Å². The van der Waals surface area contributed by atoms with Gasteiger partial charge >= 0.3 is 5.97 Å². The molecule has 0 saturated heterocycles. The fourth-order valence-corrected chi connectivity index (χ4v) is 2.73. The molecule has 0 aliphatic rings. The Labute approximate surface area is 166 Å². The summed E-state index contributed by atoms with van der Waals surface area (Å²) in [4.78, 5) is 26.4. The number of nitrogens with zero attached hydrogens (tertiary/aromatic N) is 1. The Morgan fingerprint density at radius 1 is 0.964 bits per heavy atom. The van der Waals surface area contributed by atoms with E-state index in [2.05, 4.69) is 24.1 Å². The van der Waals surface area contributed by atoms with Crippen molar-refractivity contribution in [3.05, 3.63) is 59.7 Å². The molecule has 0 unspecified atom stereocenters. The number of hydrogen-bond donors (Lipinski definition) is 2. The molecule has 6 heteroatoms. The SMILES string of the molecule is CCN(CC)CCOC(=O)c1ccc(NCCC(=O)c2ccc(O)cc2)cc1. The number of aromatic hydroxyl groups is 1. The summed E-state index contributed by atoms with van der Waals surface area (Å²) in [5.41, 5.74) is 1.91. The molecule has 0 aromatic heterocycles. The molecule has 0 radical (unpaired) electrons. The third-order valence-corrected chi connectivity index (χ3v) is 4.53. The highest BCUT2D eigenvalue weighted by atomic mass is 16.5. The van der Waals surface area contributed by atoms with Crippen LogP contribution in [0.1, 0.15) is 41.0 Å². The van der Waals surface area contributed by atoms with Crippen molar-refractivity contribution < 1.29 is 19.4 Å². The first-order valence-electron chi connectivity index (χ1n) is 9.59. The maximum atomic E-state index is 12.1. The van der Waals surface area contributed by atoms with Crippen LogP contribution in [0, 0.1) is 0 Å². The normalized spacial score (nSPS) is 10.7. The maximum Gasteiger partial charge on any atom is 0.338 e. The van der Waals surface area contributed by atoms with Crippen LogP contribution in [0.5, 0.6) is 5.75 Å². The van der Waals surface area contributed by atoms with Crippen molar-refractivity contribution in [2.24, 2.45) is 0 Å². The number of phenols is 1. The minimum Gasteiger partial charge on any atom is -0.508 e. The second-order valence-corrected chi connectivity index (χ2v) is 6.39. The number of hydrogen-bond acceptors (Lipinski definition) is 6. The van der Waals surface area contributed by atoms with Gasteiger partial charge in [-0.3, -0.25) is 4.79 Å². The van der Waals surface area contributed by atoms with Crippen molar-refractivity contribution in [3.63, 3.8) is 0 Å². The third-order valence-electron chi connectivity index (χ3n) is 4.53. The van der Waals surface area contributed by atoms with Crippen molar-refractivity contribution in [1.29, 1.82) is 0 Å². The van der Waals surface area contributed by atoms with Gasteiger partial charge < -0.3 is 20.1 Å². The molecule has 0 aliphatic carbocycles. The van der Waals surface area contributed by atoms with Crippen molar-refractivity contribution in [1.82, 2.24) is 4.90 Å². The predicted octanol–water partition coefficient (Wildman–Crippen LogP) is 3.58. The second-order valence-electron chi connectivity index (χ2n) is 6.39. The first-order chi connectivity index (χ1) is 13.5. The number of ether oxygens (including phenoxy) is 1. The van der Waals surface area contributed by atoms with E-state index in [1.54, 1.807) is 36.4 Å². The Hall–Kier alpha value is -2.86. The quantitative estimate of drug-likeness (QED) is 0.455. The molecule has 2 N–H and O–H groups in total. The van der Waals surface area contributed by atoms with Crippen LogP contribution in [0.15, 0.2) is 48.5 Å². The lowest BCUT2D eigenvalue weighted by atomic mass is 10.1. The van der Waals surface area contributed by atoms with E-state index in [4.69, 9.17) is 4.74 Å². The van der Waals surface area contributed by atoms with E-state index in [1.165, 1.54) is 12.1 Å². The lowest BCUT2D eigenvalue weighted by Crippen LogP contribution is -2.27. The Morgan fingerprint density at radius 3 is 2.18 bits per heavy atom. The summed E-state index contributed by atoms with van der Waals surface area (Å²) < 4.78 is 5.31. The molecule has 0 bridgehead atoms. The number of anilines is 1. The molecule has 150 valence electrons. The fraction of sp³-hybridized carbons (Fsp3) is 0.364. The van der Waals surface area contributed by atoms with Crippen LogP contribution in [-0.4, -0.2) is 54.5 Å². The molecule has 0 fully saturated rings. The Morgan fingerprint density at radius 2 is 1.57 bits per heavy atom. The number of carbonyl (C=O) groups is 2. The Bertz CT molecular complexity index is 753. The molecule has 2 aromatic rings. The molecule has 0 spiro atoms. The summed E-state index contributed by atoms with van der Waals surface area (Å²) >= 11 is 0. The number of benzene rings is 2. The maximum absolute atomic E-state index is 12.1. The number of ketones is 1. The molecular formula is C22H28N2O4. The topological polar surface area (TPSA) is 78.9 Å². The highest BCUT2D eigenvalue weighted by Crippen LogP contribution is 2.13. The van der Waals surface area contributed by atoms with Gasteiger partial charge in [-0.15, -0.1) is 0 Å². The molecular weight excluding hydrogens is 356 g/mol. The largest absolute Gasteiger partial charge is 0.508 e. The van der Waals surface area contributed by atoms with E-state index >= 15 is 0 Å². The van der Waals surface area contributed by atoms with Crippen LogP contribution in [-0.2, 0) is 4.74 Å². The van der Waals surface area contributed by atoms with Crippen molar-refractivity contribution in [2.75, 3.05) is 38.1 Å². The van der Waals surface area contributed by atoms with Gasteiger partial charge in [-0.1, -0.05) is 13.8 Å². The van der Waals surface area contributed by atoms with E-state index < -0.39 is 0 Å². The molecule has 0 aliphatic heterocycles. The average Bonchev–Trinajstić information content (AvgIpc) is 2.72. The lowest BCUT2D eigenvalue weighted by Gasteiger charge is -2.17. The summed E-state index contributed by atoms with van der Waals surface area (Å²) in [7, 11) is 0. The number of esters is 1. The van der Waals surface area contributed by atoms with Gasteiger partial charge in [-0.2, -0.15) is 0 Å². The first-order valence-corrected chi connectivity index (χ1v) is 9.59. The van der Waals surface area contributed by atoms with E-state index in [0.29, 0.717) is 30.7 Å². The summed E-state index contributed by atoms with van der Waals surface area (Å²) in [6.45, 7) is 7.61. The summed E-state index contributed by atoms with van der Waals surface area (Å²) in [5, 5.41) is 12.4. The van der Waals surface area contributed by atoms with Crippen LogP contribution in [0.25, 0.3) is 0 Å². The molecule has 0 heterocycles. The summed E-state index contributed by atoms with van der Waals surface area (Å²) in [5.74, 6) is -0.191. The molecule has 0 amide bonds. The number of carbonyl (C=O) groups excluding carboxylic acids is 2. The lowest BCUT2D eigenvalue weighted by molar-refractivity contribution is 0.0466. The Kier molecular flexibility index (Phi) is 8.49. The predicted molar refractivity (Wildman–Crippen MR) is 110 cm³/mol. The average molecular weight is 384 g/mol. The Balaban J connectivity index is 1.75. The minimum atomic E-state index is -0.332. The number of Topliss-reactive ketones (excluding diaryl/α,β-unsaturated/α-hetero) is 1. The fourth-order valence-electron chi connectivity index (χ4n) is 2.73. The molecule has 0 saturated carbocycles. The first kappa shape index (κ1) is 21.4. The van der Waals surface area contributed by atoms with Gasteiger partial charge in [0.05, 0.1) is 5.56 Å². The molecule has 6 nitrogen and oxygen atoms in total. The van der Waals surface area contributed by atoms with E-state index in [1.807, 2.05) is 0 Å². The standard InChI is InChI=1S/C22H28N2O4/c1-3-24(4-2)15-16-28-22(27)18-5-9-19(10-6-18)23-14-13-21(26)17-7-11-20(25)12-8-17/h5-12,23,25H,3-4,13-16H2,1-2H3. The zero-order valence-electron chi connectivity index (χ0n) is 16.5. The highest BCUT2D eigenvalue weighted by molar-refractivity contribution is 5.96. The number of phenolic OH excluding ortho intramolecular Hbond substituents is 1. The van der Waals surface area contributed by atoms with Crippen molar-refractivity contribution in [2.45, 2.75) is 20.3 Å². The number of rotatable bonds is 11. The number of likely N-dealkylation sites (N-methyl/N-ethyl adjacent to an activating group) is 1. The third kappa shape index (κ3) is 6.70. The number of nitrogens with one attached hydrogen (secondary N) is 1. The van der Waals surface area contributed by atoms with Crippen LogP contribution >= 0.6 is 0 Å².